The molecular formula is C16H19F3N4O. The highest BCUT2D eigenvalue weighted by molar-refractivity contribution is 5.95. The topological polar surface area (TPSA) is 52.2 Å². The number of aromatic amines is 1. The van der Waals surface area contributed by atoms with Crippen LogP contribution in [0.4, 0.5) is 13.2 Å². The number of hydrogen-bond donors (Lipinski definition) is 1. The molecule has 8 heteroatoms. The lowest BCUT2D eigenvalue weighted by atomic mass is 9.98. The second-order valence-electron chi connectivity index (χ2n) is 6.71. The third kappa shape index (κ3) is 3.38. The molecule has 24 heavy (non-hydrogen) atoms. The molecule has 2 aromatic rings. The Kier molecular flexibility index (Phi) is 4.03. The zero-order valence-electron chi connectivity index (χ0n) is 13.5. The van der Waals surface area contributed by atoms with Crippen LogP contribution in [0, 0.1) is 0 Å². The first-order chi connectivity index (χ1) is 11.2. The van der Waals surface area contributed by atoms with Gasteiger partial charge in [-0.1, -0.05) is 0 Å². The van der Waals surface area contributed by atoms with Gasteiger partial charge in [0.15, 0.2) is 0 Å². The number of H-pyrrole nitrogens is 1. The van der Waals surface area contributed by atoms with Crippen molar-refractivity contribution in [1.29, 1.82) is 0 Å². The van der Waals surface area contributed by atoms with Crippen LogP contribution in [0.2, 0.25) is 0 Å². The minimum atomic E-state index is -4.23. The molecule has 5 nitrogen and oxygen atoms in total. The van der Waals surface area contributed by atoms with E-state index in [1.807, 2.05) is 6.07 Å². The molecule has 2 aromatic heterocycles. The number of piperazine rings is 1. The van der Waals surface area contributed by atoms with Gasteiger partial charge >= 0.3 is 6.18 Å². The Hall–Kier alpha value is -2.09. The number of nitrogens with one attached hydrogen (secondary N) is 1. The van der Waals surface area contributed by atoms with Crippen LogP contribution in [0.3, 0.4) is 0 Å². The summed E-state index contributed by atoms with van der Waals surface area (Å²) in [5.74, 6) is -0.261. The number of aromatic nitrogens is 2. The van der Waals surface area contributed by atoms with Crippen LogP contribution in [0.5, 0.6) is 0 Å². The molecule has 1 N–H and O–H groups in total. The molecule has 1 amide bonds. The van der Waals surface area contributed by atoms with Crippen molar-refractivity contribution in [2.45, 2.75) is 25.6 Å². The molecule has 3 rings (SSSR count). The van der Waals surface area contributed by atoms with Gasteiger partial charge < -0.3 is 9.88 Å². The average Bonchev–Trinajstić information content (AvgIpc) is 2.91. The van der Waals surface area contributed by atoms with Crippen LogP contribution < -0.4 is 0 Å². The van der Waals surface area contributed by atoms with Crippen molar-refractivity contribution < 1.29 is 18.0 Å². The molecule has 0 bridgehead atoms. The number of fused-ring (bicyclic) bond motifs is 1. The number of carbonyl (C=O) groups excluding carboxylic acids is 1. The van der Waals surface area contributed by atoms with E-state index in [1.165, 1.54) is 4.90 Å². The van der Waals surface area contributed by atoms with E-state index >= 15 is 0 Å². The number of amides is 1. The lowest BCUT2D eigenvalue weighted by Crippen LogP contribution is -2.62. The van der Waals surface area contributed by atoms with Gasteiger partial charge in [0.2, 0.25) is 0 Å². The number of alkyl halides is 3. The van der Waals surface area contributed by atoms with Crippen molar-refractivity contribution in [3.63, 3.8) is 0 Å². The Bertz CT molecular complexity index is 753. The van der Waals surface area contributed by atoms with Gasteiger partial charge in [0.25, 0.3) is 5.91 Å². The summed E-state index contributed by atoms with van der Waals surface area (Å²) in [6.07, 6.45) is -2.49. The molecule has 0 aliphatic carbocycles. The molecule has 1 fully saturated rings. The third-order valence-electron chi connectivity index (χ3n) is 4.26. The Balaban J connectivity index is 1.77. The smallest absolute Gasteiger partial charge is 0.346 e. The highest BCUT2D eigenvalue weighted by Gasteiger charge is 2.41. The molecule has 0 spiro atoms. The van der Waals surface area contributed by atoms with Gasteiger partial charge in [0.05, 0.1) is 12.1 Å². The van der Waals surface area contributed by atoms with Crippen LogP contribution in [0.1, 0.15) is 24.3 Å². The fourth-order valence-corrected chi connectivity index (χ4v) is 3.21. The van der Waals surface area contributed by atoms with E-state index in [-0.39, 0.29) is 25.5 Å². The summed E-state index contributed by atoms with van der Waals surface area (Å²) < 4.78 is 37.8. The molecule has 1 aliphatic rings. The van der Waals surface area contributed by atoms with Crippen LogP contribution in [-0.2, 0) is 0 Å². The second kappa shape index (κ2) is 5.77. The zero-order chi connectivity index (χ0) is 17.5. The first-order valence-electron chi connectivity index (χ1n) is 7.71. The molecule has 3 heterocycles. The molecule has 0 atom stereocenters. The first kappa shape index (κ1) is 16.8. The van der Waals surface area contributed by atoms with Gasteiger partial charge in [-0.2, -0.15) is 13.2 Å². The summed E-state index contributed by atoms with van der Waals surface area (Å²) in [6.45, 7) is 3.21. The van der Waals surface area contributed by atoms with E-state index in [9.17, 15) is 18.0 Å². The fraction of sp³-hybridized carbons (Fsp3) is 0.500. The van der Waals surface area contributed by atoms with E-state index < -0.39 is 18.3 Å². The first-order valence-corrected chi connectivity index (χ1v) is 7.71. The summed E-state index contributed by atoms with van der Waals surface area (Å²) in [4.78, 5) is 23.0. The fourth-order valence-electron chi connectivity index (χ4n) is 3.21. The van der Waals surface area contributed by atoms with Gasteiger partial charge in [-0.15, -0.1) is 0 Å². The monoisotopic (exact) mass is 340 g/mol. The molecule has 0 unspecified atom stereocenters. The highest BCUT2D eigenvalue weighted by atomic mass is 19.4. The zero-order valence-corrected chi connectivity index (χ0v) is 13.5. The Morgan fingerprint density at radius 2 is 2.04 bits per heavy atom. The molecule has 1 saturated heterocycles. The maximum absolute atomic E-state index is 12.8. The summed E-state index contributed by atoms with van der Waals surface area (Å²) in [7, 11) is 0. The number of carbonyl (C=O) groups is 1. The van der Waals surface area contributed by atoms with Crippen molar-refractivity contribution in [1.82, 2.24) is 19.8 Å². The number of halogens is 3. The van der Waals surface area contributed by atoms with Crippen LogP contribution in [0.25, 0.3) is 11.0 Å². The summed E-state index contributed by atoms with van der Waals surface area (Å²) in [5.41, 5.74) is 0.212. The minimum absolute atomic E-state index is 0.170. The molecule has 1 aliphatic heterocycles. The normalized spacial score (nSPS) is 19.0. The lowest BCUT2D eigenvalue weighted by molar-refractivity contribution is -0.153. The molecule has 0 aromatic carbocycles. The van der Waals surface area contributed by atoms with Gasteiger partial charge in [0.1, 0.15) is 11.3 Å². The van der Waals surface area contributed by atoms with E-state index in [1.54, 1.807) is 37.1 Å². The van der Waals surface area contributed by atoms with Crippen molar-refractivity contribution in [3.8, 4) is 0 Å². The quantitative estimate of drug-likeness (QED) is 0.914. The van der Waals surface area contributed by atoms with E-state index in [4.69, 9.17) is 0 Å². The Labute approximate surface area is 137 Å². The van der Waals surface area contributed by atoms with Crippen LogP contribution >= 0.6 is 0 Å². The van der Waals surface area contributed by atoms with Crippen molar-refractivity contribution in [2.75, 3.05) is 26.2 Å². The number of pyridine rings is 1. The van der Waals surface area contributed by atoms with Gasteiger partial charge in [0, 0.05) is 31.2 Å². The van der Waals surface area contributed by atoms with E-state index in [2.05, 4.69) is 9.97 Å². The summed E-state index contributed by atoms with van der Waals surface area (Å²) in [5, 5.41) is 0.904. The minimum Gasteiger partial charge on any atom is -0.346 e. The molecule has 0 saturated carbocycles. The Morgan fingerprint density at radius 3 is 2.71 bits per heavy atom. The van der Waals surface area contributed by atoms with Crippen LogP contribution in [0.15, 0.2) is 24.4 Å². The van der Waals surface area contributed by atoms with E-state index in [0.29, 0.717) is 11.3 Å². The maximum atomic E-state index is 12.8. The second-order valence-corrected chi connectivity index (χ2v) is 6.71. The number of nitrogens with zero attached hydrogens (tertiary/aromatic N) is 3. The predicted molar refractivity (Wildman–Crippen MR) is 83.7 cm³/mol. The van der Waals surface area contributed by atoms with Crippen molar-refractivity contribution in [2.24, 2.45) is 0 Å². The Morgan fingerprint density at radius 1 is 1.29 bits per heavy atom. The summed E-state index contributed by atoms with van der Waals surface area (Å²) in [6, 6.07) is 5.31. The maximum Gasteiger partial charge on any atom is 0.401 e. The van der Waals surface area contributed by atoms with Gasteiger partial charge in [-0.25, -0.2) is 4.98 Å². The number of hydrogen-bond acceptors (Lipinski definition) is 3. The molecular weight excluding hydrogens is 321 g/mol. The van der Waals surface area contributed by atoms with Crippen molar-refractivity contribution in [3.05, 3.63) is 30.1 Å². The largest absolute Gasteiger partial charge is 0.401 e. The lowest BCUT2D eigenvalue weighted by Gasteiger charge is -2.47. The van der Waals surface area contributed by atoms with Crippen LogP contribution in [-0.4, -0.2) is 63.6 Å². The molecule has 130 valence electrons. The van der Waals surface area contributed by atoms with E-state index in [0.717, 1.165) is 5.39 Å². The number of rotatable bonds is 2. The average molecular weight is 340 g/mol. The summed E-state index contributed by atoms with van der Waals surface area (Å²) >= 11 is 0. The SMILES string of the molecule is CC1(C)CN(CC(F)(F)F)CCN1C(=O)c1ccc2cc[nH]c2n1. The third-order valence-corrected chi connectivity index (χ3v) is 4.26. The van der Waals surface area contributed by atoms with Gasteiger partial charge in [-0.05, 0) is 32.0 Å². The molecule has 0 radical (unpaired) electrons. The highest BCUT2D eigenvalue weighted by Crippen LogP contribution is 2.26. The van der Waals surface area contributed by atoms with Crippen molar-refractivity contribution >= 4 is 16.9 Å². The predicted octanol–water partition coefficient (Wildman–Crippen LogP) is 2.66. The van der Waals surface area contributed by atoms with Gasteiger partial charge in [-0.3, -0.25) is 9.69 Å². The standard InChI is InChI=1S/C16H19F3N4O/c1-15(2)9-22(10-16(17,18)19)7-8-23(15)14(24)12-4-3-11-5-6-20-13(11)21-12/h3-6H,7-10H2,1-2H3,(H,20,21).